The molecule has 2 nitrogen and oxygen atoms in total. The molecule has 0 atom stereocenters. The minimum absolute atomic E-state index is 0.0437. The van der Waals surface area contributed by atoms with Crippen LogP contribution in [0, 0.1) is 12.3 Å². The summed E-state index contributed by atoms with van der Waals surface area (Å²) >= 11 is 0. The molecular formula is C10H19N2. The van der Waals surface area contributed by atoms with E-state index in [2.05, 4.69) is 23.5 Å². The van der Waals surface area contributed by atoms with Crippen LogP contribution in [0.1, 0.15) is 32.6 Å². The van der Waals surface area contributed by atoms with Crippen molar-refractivity contribution in [1.29, 1.82) is 0 Å². The Labute approximate surface area is 76.1 Å². The zero-order valence-corrected chi connectivity index (χ0v) is 8.33. The molecule has 2 heteroatoms. The molecule has 0 aromatic rings. The van der Waals surface area contributed by atoms with Crippen LogP contribution in [0.4, 0.5) is 0 Å². The first-order valence-electron chi connectivity index (χ1n) is 4.46. The lowest BCUT2D eigenvalue weighted by Crippen LogP contribution is -2.50. The molecule has 0 unspecified atom stereocenters. The number of unbranched alkanes of at least 4 members (excludes halogenated alkanes) is 2. The maximum atomic E-state index is 6.75. The Hall–Kier alpha value is -0.520. The fraction of sp³-hybridized carbons (Fsp3) is 0.800. The first kappa shape index (κ1) is 11.5. The van der Waals surface area contributed by atoms with Gasteiger partial charge in [0.05, 0.1) is 5.66 Å². The van der Waals surface area contributed by atoms with E-state index < -0.39 is 0 Å². The number of hydrogen-bond acceptors (Lipinski definition) is 2. The molecule has 0 amide bonds. The number of hydrogen-bond donors (Lipinski definition) is 2. The molecule has 0 aromatic carbocycles. The highest BCUT2D eigenvalue weighted by molar-refractivity contribution is 4.79. The van der Waals surface area contributed by atoms with Gasteiger partial charge in [0, 0.05) is 6.42 Å². The third-order valence-electron chi connectivity index (χ3n) is 2.33. The minimum atomic E-state index is 0.0437. The maximum absolute atomic E-state index is 6.75. The third kappa shape index (κ3) is 4.38. The molecule has 2 N–H and O–H groups in total. The van der Waals surface area contributed by atoms with E-state index in [1.165, 1.54) is 0 Å². The van der Waals surface area contributed by atoms with Crippen LogP contribution in [0.3, 0.4) is 0 Å². The third-order valence-corrected chi connectivity index (χ3v) is 2.33. The second kappa shape index (κ2) is 6.05. The monoisotopic (exact) mass is 167 g/mol. The summed E-state index contributed by atoms with van der Waals surface area (Å²) in [5, 5.41) is 6.45. The molecule has 0 bridgehead atoms. The van der Waals surface area contributed by atoms with Crippen LogP contribution < -0.4 is 10.6 Å². The highest BCUT2D eigenvalue weighted by Gasteiger charge is 2.17. The van der Waals surface area contributed by atoms with E-state index >= 15 is 0 Å². The standard InChI is InChI=1S/C10H19N2/c1-5-6-7-8-9-10(2,11-3)12-4/h11-12H,6-9H2,2-4H3. The fourth-order valence-electron chi connectivity index (χ4n) is 1.07. The summed E-state index contributed by atoms with van der Waals surface area (Å²) in [4.78, 5) is 0. The molecule has 0 aliphatic heterocycles. The first-order valence-corrected chi connectivity index (χ1v) is 4.46. The second-order valence-electron chi connectivity index (χ2n) is 3.22. The molecule has 0 fully saturated rings. The Morgan fingerprint density at radius 1 is 1.25 bits per heavy atom. The summed E-state index contributed by atoms with van der Waals surface area (Å²) < 4.78 is 0. The van der Waals surface area contributed by atoms with Crippen molar-refractivity contribution in [3.05, 3.63) is 6.42 Å². The maximum Gasteiger partial charge on any atom is 0.0653 e. The van der Waals surface area contributed by atoms with Gasteiger partial charge in [-0.25, -0.2) is 0 Å². The van der Waals surface area contributed by atoms with Crippen molar-refractivity contribution >= 4 is 0 Å². The smallest absolute Gasteiger partial charge is 0.0653 e. The molecule has 0 spiro atoms. The van der Waals surface area contributed by atoms with Crippen molar-refractivity contribution in [3.8, 4) is 5.92 Å². The van der Waals surface area contributed by atoms with Gasteiger partial charge in [-0.2, -0.15) is 0 Å². The van der Waals surface area contributed by atoms with Crippen molar-refractivity contribution in [1.82, 2.24) is 10.6 Å². The zero-order valence-electron chi connectivity index (χ0n) is 8.33. The lowest BCUT2D eigenvalue weighted by atomic mass is 10.0. The molecule has 0 saturated carbocycles. The van der Waals surface area contributed by atoms with Gasteiger partial charge in [-0.15, -0.1) is 0 Å². The van der Waals surface area contributed by atoms with E-state index in [9.17, 15) is 0 Å². The molecular weight excluding hydrogens is 148 g/mol. The van der Waals surface area contributed by atoms with E-state index in [4.69, 9.17) is 6.42 Å². The Bertz CT molecular complexity index is 142. The second-order valence-corrected chi connectivity index (χ2v) is 3.22. The predicted octanol–water partition coefficient (Wildman–Crippen LogP) is 1.29. The van der Waals surface area contributed by atoms with E-state index in [0.29, 0.717) is 0 Å². The summed E-state index contributed by atoms with van der Waals surface area (Å²) in [7, 11) is 3.92. The van der Waals surface area contributed by atoms with Gasteiger partial charge in [0.2, 0.25) is 0 Å². The van der Waals surface area contributed by atoms with E-state index in [-0.39, 0.29) is 5.66 Å². The van der Waals surface area contributed by atoms with Gasteiger partial charge in [0.1, 0.15) is 0 Å². The van der Waals surface area contributed by atoms with Crippen LogP contribution >= 0.6 is 0 Å². The minimum Gasteiger partial charge on any atom is -0.303 e. The van der Waals surface area contributed by atoms with Gasteiger partial charge in [-0.1, -0.05) is 5.92 Å². The van der Waals surface area contributed by atoms with Crippen LogP contribution in [0.25, 0.3) is 0 Å². The average Bonchev–Trinajstić information content (AvgIpc) is 2.12. The lowest BCUT2D eigenvalue weighted by Gasteiger charge is -2.28. The van der Waals surface area contributed by atoms with Gasteiger partial charge in [0.15, 0.2) is 0 Å². The lowest BCUT2D eigenvalue weighted by molar-refractivity contribution is 0.294. The Morgan fingerprint density at radius 2 is 1.83 bits per heavy atom. The van der Waals surface area contributed by atoms with Crippen LogP contribution in [0.5, 0.6) is 0 Å². The van der Waals surface area contributed by atoms with E-state index in [0.717, 1.165) is 25.7 Å². The van der Waals surface area contributed by atoms with Gasteiger partial charge in [-0.3, -0.25) is 0 Å². The van der Waals surface area contributed by atoms with Crippen molar-refractivity contribution in [2.24, 2.45) is 0 Å². The largest absolute Gasteiger partial charge is 0.303 e. The van der Waals surface area contributed by atoms with E-state index in [1.54, 1.807) is 0 Å². The van der Waals surface area contributed by atoms with Crippen LogP contribution in [0.15, 0.2) is 0 Å². The highest BCUT2D eigenvalue weighted by atomic mass is 15.1. The summed E-state index contributed by atoms with van der Waals surface area (Å²) in [6, 6.07) is 0. The normalized spacial score (nSPS) is 11.2. The molecule has 1 radical (unpaired) electrons. The Kier molecular flexibility index (Phi) is 5.79. The number of nitrogens with one attached hydrogen (secondary N) is 2. The van der Waals surface area contributed by atoms with Gasteiger partial charge in [0.25, 0.3) is 0 Å². The molecule has 0 aliphatic rings. The van der Waals surface area contributed by atoms with Crippen LogP contribution in [-0.4, -0.2) is 19.8 Å². The zero-order chi connectivity index (χ0) is 9.45. The summed E-state index contributed by atoms with van der Waals surface area (Å²) in [5.41, 5.74) is 0.0437. The molecule has 69 valence electrons. The fourth-order valence-corrected chi connectivity index (χ4v) is 1.07. The highest BCUT2D eigenvalue weighted by Crippen LogP contribution is 2.10. The van der Waals surface area contributed by atoms with Crippen molar-refractivity contribution in [2.75, 3.05) is 14.1 Å². The van der Waals surface area contributed by atoms with Gasteiger partial charge < -0.3 is 10.6 Å². The van der Waals surface area contributed by atoms with Crippen LogP contribution in [-0.2, 0) is 0 Å². The quantitative estimate of drug-likeness (QED) is 0.354. The van der Waals surface area contributed by atoms with Crippen LogP contribution in [0.2, 0.25) is 0 Å². The van der Waals surface area contributed by atoms with Gasteiger partial charge >= 0.3 is 0 Å². The topological polar surface area (TPSA) is 24.1 Å². The molecule has 0 heterocycles. The predicted molar refractivity (Wildman–Crippen MR) is 52.1 cm³/mol. The Morgan fingerprint density at radius 3 is 2.25 bits per heavy atom. The first-order chi connectivity index (χ1) is 5.68. The number of rotatable bonds is 6. The molecule has 0 saturated heterocycles. The average molecular weight is 167 g/mol. The summed E-state index contributed by atoms with van der Waals surface area (Å²) in [6.45, 7) is 2.14. The summed E-state index contributed by atoms with van der Waals surface area (Å²) in [5.74, 6) is 2.40. The van der Waals surface area contributed by atoms with Crippen molar-refractivity contribution in [2.45, 2.75) is 38.3 Å². The molecule has 0 aromatic heterocycles. The van der Waals surface area contributed by atoms with Crippen molar-refractivity contribution < 1.29 is 0 Å². The molecule has 0 rings (SSSR count). The molecule has 12 heavy (non-hydrogen) atoms. The Balaban J connectivity index is 3.53. The van der Waals surface area contributed by atoms with Crippen molar-refractivity contribution in [3.63, 3.8) is 0 Å². The van der Waals surface area contributed by atoms with E-state index in [1.807, 2.05) is 14.1 Å². The van der Waals surface area contributed by atoms with Gasteiger partial charge in [-0.05, 0) is 46.7 Å². The molecule has 0 aliphatic carbocycles. The summed E-state index contributed by atoms with van der Waals surface area (Å²) in [6.07, 6.45) is 10.8. The SMILES string of the molecule is [C]#CCCCCC(C)(NC)NC.